The molecule has 5 nitrogen and oxygen atoms in total. The second-order valence-electron chi connectivity index (χ2n) is 5.05. The zero-order valence-corrected chi connectivity index (χ0v) is 11.2. The fourth-order valence-corrected chi connectivity index (χ4v) is 2.64. The third kappa shape index (κ3) is 2.32. The number of hydrogen-bond acceptors (Lipinski definition) is 3. The van der Waals surface area contributed by atoms with E-state index in [1.165, 1.54) is 5.56 Å². The van der Waals surface area contributed by atoms with Gasteiger partial charge in [-0.2, -0.15) is 5.10 Å². The van der Waals surface area contributed by atoms with E-state index < -0.39 is 0 Å². The molecule has 100 valence electrons. The van der Waals surface area contributed by atoms with Gasteiger partial charge < -0.3 is 4.57 Å². The molecule has 0 spiro atoms. The summed E-state index contributed by atoms with van der Waals surface area (Å²) in [6, 6.07) is 0. The minimum atomic E-state index is 0.273. The van der Waals surface area contributed by atoms with Gasteiger partial charge in [-0.25, -0.2) is 9.67 Å². The highest BCUT2D eigenvalue weighted by molar-refractivity contribution is 5.98. The third-order valence-corrected chi connectivity index (χ3v) is 3.57. The van der Waals surface area contributed by atoms with Gasteiger partial charge in [-0.15, -0.1) is 0 Å². The quantitative estimate of drug-likeness (QED) is 0.843. The molecule has 2 aromatic rings. The van der Waals surface area contributed by atoms with E-state index in [4.69, 9.17) is 0 Å². The number of fused-ring (bicyclic) bond motifs is 1. The highest BCUT2D eigenvalue weighted by atomic mass is 16.1. The van der Waals surface area contributed by atoms with Crippen LogP contribution in [0.1, 0.15) is 47.9 Å². The molecule has 0 amide bonds. The Bertz CT molecular complexity index is 596. The molecule has 0 radical (unpaired) electrons. The van der Waals surface area contributed by atoms with E-state index in [-0.39, 0.29) is 5.78 Å². The van der Waals surface area contributed by atoms with Gasteiger partial charge in [-0.05, 0) is 24.8 Å². The number of nitrogens with zero attached hydrogens (tertiary/aromatic N) is 4. The highest BCUT2D eigenvalue weighted by Crippen LogP contribution is 2.22. The van der Waals surface area contributed by atoms with E-state index in [1.54, 1.807) is 6.33 Å². The molecular weight excluding hydrogens is 240 g/mol. The Morgan fingerprint density at radius 2 is 2.21 bits per heavy atom. The topological polar surface area (TPSA) is 52.7 Å². The summed E-state index contributed by atoms with van der Waals surface area (Å²) in [5.74, 6) is 1.22. The number of carbonyl (C=O) groups is 1. The zero-order chi connectivity index (χ0) is 13.2. The van der Waals surface area contributed by atoms with Crippen molar-refractivity contribution in [1.82, 2.24) is 19.3 Å². The average Bonchev–Trinajstić information content (AvgIpc) is 2.98. The van der Waals surface area contributed by atoms with Gasteiger partial charge in [0.1, 0.15) is 12.2 Å². The Morgan fingerprint density at radius 1 is 1.32 bits per heavy atom. The molecule has 0 unspecified atom stereocenters. The van der Waals surface area contributed by atoms with Crippen molar-refractivity contribution in [2.75, 3.05) is 0 Å². The maximum Gasteiger partial charge on any atom is 0.164 e. The third-order valence-electron chi connectivity index (χ3n) is 3.57. The molecule has 0 bridgehead atoms. The second-order valence-corrected chi connectivity index (χ2v) is 5.05. The largest absolute Gasteiger partial charge is 0.346 e. The lowest BCUT2D eigenvalue weighted by molar-refractivity contribution is 0.0973. The van der Waals surface area contributed by atoms with Crippen LogP contribution in [0.25, 0.3) is 0 Å². The van der Waals surface area contributed by atoms with Crippen LogP contribution in [0.3, 0.4) is 0 Å². The van der Waals surface area contributed by atoms with Crippen molar-refractivity contribution in [3.63, 3.8) is 0 Å². The van der Waals surface area contributed by atoms with E-state index in [0.717, 1.165) is 37.2 Å². The molecule has 0 saturated heterocycles. The van der Waals surface area contributed by atoms with Crippen molar-refractivity contribution in [2.24, 2.45) is 0 Å². The van der Waals surface area contributed by atoms with Crippen LogP contribution >= 0.6 is 0 Å². The number of Topliss-reactive ketones (excluding diaryl/α,β-unsaturated/α-hetero) is 1. The summed E-state index contributed by atoms with van der Waals surface area (Å²) >= 11 is 0. The molecule has 0 atom stereocenters. The van der Waals surface area contributed by atoms with Crippen LogP contribution in [0.5, 0.6) is 0 Å². The van der Waals surface area contributed by atoms with Gasteiger partial charge in [0.15, 0.2) is 5.78 Å². The number of carbonyl (C=O) groups excluding carboxylic acids is 1. The Hall–Kier alpha value is -1.91. The van der Waals surface area contributed by atoms with Crippen LogP contribution in [-0.4, -0.2) is 25.1 Å². The normalized spacial score (nSPS) is 14.7. The summed E-state index contributed by atoms with van der Waals surface area (Å²) in [5.41, 5.74) is 2.07. The first-order valence-electron chi connectivity index (χ1n) is 6.86. The number of rotatable bonds is 4. The predicted molar refractivity (Wildman–Crippen MR) is 71.1 cm³/mol. The summed E-state index contributed by atoms with van der Waals surface area (Å²) in [6.45, 7) is 3.69. The van der Waals surface area contributed by atoms with Crippen LogP contribution in [0.2, 0.25) is 0 Å². The Balaban J connectivity index is 1.83. The first-order chi connectivity index (χ1) is 9.28. The maximum absolute atomic E-state index is 11.8. The molecule has 0 aromatic carbocycles. The fourth-order valence-electron chi connectivity index (χ4n) is 2.64. The van der Waals surface area contributed by atoms with Crippen molar-refractivity contribution >= 4 is 5.78 Å². The lowest BCUT2D eigenvalue weighted by atomic mass is 9.95. The van der Waals surface area contributed by atoms with E-state index in [2.05, 4.69) is 27.8 Å². The van der Waals surface area contributed by atoms with Crippen molar-refractivity contribution in [2.45, 2.75) is 45.7 Å². The number of hydrogen-bond donors (Lipinski definition) is 0. The van der Waals surface area contributed by atoms with Crippen molar-refractivity contribution in [3.05, 3.63) is 35.7 Å². The van der Waals surface area contributed by atoms with E-state index in [1.807, 2.05) is 10.9 Å². The van der Waals surface area contributed by atoms with Crippen LogP contribution in [0.15, 0.2) is 18.7 Å². The second kappa shape index (κ2) is 4.99. The van der Waals surface area contributed by atoms with E-state index >= 15 is 0 Å². The molecule has 2 aromatic heterocycles. The zero-order valence-electron chi connectivity index (χ0n) is 11.2. The average molecular weight is 258 g/mol. The molecule has 0 aliphatic heterocycles. The van der Waals surface area contributed by atoms with E-state index in [9.17, 15) is 4.79 Å². The van der Waals surface area contributed by atoms with Crippen molar-refractivity contribution in [1.29, 1.82) is 0 Å². The molecule has 0 fully saturated rings. The molecule has 19 heavy (non-hydrogen) atoms. The first kappa shape index (κ1) is 12.1. The Labute approximate surface area is 112 Å². The van der Waals surface area contributed by atoms with Gasteiger partial charge in [0.05, 0.1) is 6.54 Å². The fraction of sp³-hybridized carbons (Fsp3) is 0.500. The van der Waals surface area contributed by atoms with Gasteiger partial charge in [0.2, 0.25) is 0 Å². The van der Waals surface area contributed by atoms with Crippen LogP contribution < -0.4 is 0 Å². The molecule has 0 saturated carbocycles. The monoisotopic (exact) mass is 258 g/mol. The highest BCUT2D eigenvalue weighted by Gasteiger charge is 2.19. The molecule has 3 rings (SSSR count). The summed E-state index contributed by atoms with van der Waals surface area (Å²) < 4.78 is 3.99. The lowest BCUT2D eigenvalue weighted by Crippen LogP contribution is -2.09. The minimum absolute atomic E-state index is 0.273. The Morgan fingerprint density at radius 3 is 3.00 bits per heavy atom. The SMILES string of the molecule is CCCn1ncnc1Cn1cc2c(c1)C(=O)CCC2. The van der Waals surface area contributed by atoms with Gasteiger partial charge in [-0.3, -0.25) is 4.79 Å². The summed E-state index contributed by atoms with van der Waals surface area (Å²) in [4.78, 5) is 16.1. The van der Waals surface area contributed by atoms with Gasteiger partial charge >= 0.3 is 0 Å². The van der Waals surface area contributed by atoms with Crippen molar-refractivity contribution < 1.29 is 4.79 Å². The van der Waals surface area contributed by atoms with Crippen LogP contribution in [0.4, 0.5) is 0 Å². The molecule has 1 aliphatic carbocycles. The van der Waals surface area contributed by atoms with Crippen LogP contribution in [0, 0.1) is 0 Å². The lowest BCUT2D eigenvalue weighted by Gasteiger charge is -2.07. The van der Waals surface area contributed by atoms with Crippen LogP contribution in [-0.2, 0) is 19.5 Å². The van der Waals surface area contributed by atoms with Gasteiger partial charge in [0.25, 0.3) is 0 Å². The van der Waals surface area contributed by atoms with E-state index in [0.29, 0.717) is 13.0 Å². The summed E-state index contributed by atoms with van der Waals surface area (Å²) in [7, 11) is 0. The number of aryl methyl sites for hydroxylation is 2. The molecule has 2 heterocycles. The van der Waals surface area contributed by atoms with Crippen molar-refractivity contribution in [3.8, 4) is 0 Å². The minimum Gasteiger partial charge on any atom is -0.346 e. The summed E-state index contributed by atoms with van der Waals surface area (Å²) in [5, 5.41) is 4.22. The van der Waals surface area contributed by atoms with Gasteiger partial charge in [0, 0.05) is 30.9 Å². The maximum atomic E-state index is 11.8. The smallest absolute Gasteiger partial charge is 0.164 e. The van der Waals surface area contributed by atoms with Gasteiger partial charge in [-0.1, -0.05) is 6.92 Å². The molecule has 5 heteroatoms. The molecular formula is C14H18N4O. The number of aromatic nitrogens is 4. The summed E-state index contributed by atoms with van der Waals surface area (Å²) in [6.07, 6.45) is 9.34. The molecule has 0 N–H and O–H groups in total. The first-order valence-corrected chi connectivity index (χ1v) is 6.86. The number of ketones is 1. The predicted octanol–water partition coefficient (Wildman–Crippen LogP) is 2.06. The standard InChI is InChI=1S/C14H18N4O/c1-2-6-18-14(15-10-16-18)9-17-7-11-4-3-5-13(19)12(11)8-17/h7-8,10H,2-6,9H2,1H3. The molecule has 1 aliphatic rings. The Kier molecular flexibility index (Phi) is 3.19.